The second-order valence-corrected chi connectivity index (χ2v) is 5.84. The van der Waals surface area contributed by atoms with E-state index in [1.807, 2.05) is 30.0 Å². The van der Waals surface area contributed by atoms with Crippen LogP contribution < -0.4 is 15.2 Å². The molecule has 1 saturated heterocycles. The number of ether oxygens (including phenoxy) is 2. The van der Waals surface area contributed by atoms with Gasteiger partial charge in [0.1, 0.15) is 13.2 Å². The van der Waals surface area contributed by atoms with E-state index in [0.29, 0.717) is 19.8 Å². The summed E-state index contributed by atoms with van der Waals surface area (Å²) >= 11 is 0. The van der Waals surface area contributed by atoms with Crippen LogP contribution in [0.3, 0.4) is 0 Å². The molecule has 1 aromatic rings. The molecule has 2 aliphatic heterocycles. The first-order valence-electron chi connectivity index (χ1n) is 7.59. The second kappa shape index (κ2) is 5.93. The number of hydrogen-bond donors (Lipinski definition) is 1. The molecule has 2 atom stereocenters. The van der Waals surface area contributed by atoms with E-state index in [1.165, 1.54) is 0 Å². The fourth-order valence-electron chi connectivity index (χ4n) is 2.95. The molecule has 0 aromatic heterocycles. The number of carbonyl (C=O) groups is 1. The van der Waals surface area contributed by atoms with Crippen molar-refractivity contribution < 1.29 is 14.3 Å². The summed E-state index contributed by atoms with van der Waals surface area (Å²) in [6, 6.07) is 5.58. The number of nitrogens with zero attached hydrogens (tertiary/aromatic N) is 1. The Bertz CT molecular complexity index is 532. The summed E-state index contributed by atoms with van der Waals surface area (Å²) < 4.78 is 11.1. The number of carbonyl (C=O) groups excluding carboxylic acids is 1. The largest absolute Gasteiger partial charge is 0.486 e. The topological polar surface area (TPSA) is 64.8 Å². The summed E-state index contributed by atoms with van der Waals surface area (Å²) in [5.41, 5.74) is 7.25. The highest BCUT2D eigenvalue weighted by Crippen LogP contribution is 2.32. The van der Waals surface area contributed by atoms with Crippen molar-refractivity contribution in [3.05, 3.63) is 23.8 Å². The number of nitrogens with two attached hydrogens (primary N) is 1. The van der Waals surface area contributed by atoms with Gasteiger partial charge in [0.2, 0.25) is 5.91 Å². The number of piperidine rings is 1. The molecule has 1 fully saturated rings. The van der Waals surface area contributed by atoms with Crippen molar-refractivity contribution in [3.63, 3.8) is 0 Å². The maximum atomic E-state index is 12.2. The summed E-state index contributed by atoms with van der Waals surface area (Å²) in [6.45, 7) is 4.50. The molecule has 2 aliphatic rings. The predicted octanol–water partition coefficient (Wildman–Crippen LogP) is 1.72. The Morgan fingerprint density at radius 3 is 2.90 bits per heavy atom. The van der Waals surface area contributed by atoms with Crippen LogP contribution in [0.2, 0.25) is 0 Å². The number of hydrogen-bond acceptors (Lipinski definition) is 4. The lowest BCUT2D eigenvalue weighted by molar-refractivity contribution is -0.138. The summed E-state index contributed by atoms with van der Waals surface area (Å²) in [5, 5.41) is 0. The molecule has 2 unspecified atom stereocenters. The standard InChI is InChI=1S/C16H22N2O3/c1-11-3-2-6-18(16(11)19)10-13(17)12-4-5-14-15(9-12)21-8-7-20-14/h4-5,9,11,13H,2-3,6-8,10,17H2,1H3. The van der Waals surface area contributed by atoms with Crippen LogP contribution in [0.5, 0.6) is 11.5 Å². The van der Waals surface area contributed by atoms with Crippen LogP contribution in [0.25, 0.3) is 0 Å². The number of rotatable bonds is 3. The van der Waals surface area contributed by atoms with E-state index >= 15 is 0 Å². The lowest BCUT2D eigenvalue weighted by Gasteiger charge is -2.32. The van der Waals surface area contributed by atoms with E-state index in [-0.39, 0.29) is 17.9 Å². The van der Waals surface area contributed by atoms with Crippen molar-refractivity contribution in [2.45, 2.75) is 25.8 Å². The first-order valence-corrected chi connectivity index (χ1v) is 7.59. The fraction of sp³-hybridized carbons (Fsp3) is 0.562. The molecule has 0 radical (unpaired) electrons. The minimum absolute atomic E-state index is 0.117. The van der Waals surface area contributed by atoms with Crippen LogP contribution in [0.1, 0.15) is 31.4 Å². The third-order valence-corrected chi connectivity index (χ3v) is 4.21. The predicted molar refractivity (Wildman–Crippen MR) is 79.3 cm³/mol. The van der Waals surface area contributed by atoms with Crippen molar-refractivity contribution in [3.8, 4) is 11.5 Å². The minimum atomic E-state index is -0.199. The highest BCUT2D eigenvalue weighted by Gasteiger charge is 2.26. The van der Waals surface area contributed by atoms with Gasteiger partial charge in [-0.15, -0.1) is 0 Å². The Labute approximate surface area is 125 Å². The molecule has 5 heteroatoms. The Morgan fingerprint density at radius 1 is 1.33 bits per heavy atom. The molecular weight excluding hydrogens is 268 g/mol. The van der Waals surface area contributed by atoms with Crippen molar-refractivity contribution >= 4 is 5.91 Å². The van der Waals surface area contributed by atoms with Crippen molar-refractivity contribution in [2.75, 3.05) is 26.3 Å². The van der Waals surface area contributed by atoms with Crippen LogP contribution in [-0.4, -0.2) is 37.1 Å². The van der Waals surface area contributed by atoms with Gasteiger partial charge in [0.15, 0.2) is 11.5 Å². The summed E-state index contributed by atoms with van der Waals surface area (Å²) in [6.07, 6.45) is 2.04. The van der Waals surface area contributed by atoms with Gasteiger partial charge in [-0.3, -0.25) is 4.79 Å². The van der Waals surface area contributed by atoms with Gasteiger partial charge in [0.25, 0.3) is 0 Å². The third kappa shape index (κ3) is 2.97. The molecule has 0 bridgehead atoms. The Morgan fingerprint density at radius 2 is 2.10 bits per heavy atom. The lowest BCUT2D eigenvalue weighted by Crippen LogP contribution is -2.43. The number of amides is 1. The molecule has 3 rings (SSSR count). The van der Waals surface area contributed by atoms with Crippen LogP contribution >= 0.6 is 0 Å². The minimum Gasteiger partial charge on any atom is -0.486 e. The summed E-state index contributed by atoms with van der Waals surface area (Å²) in [4.78, 5) is 14.0. The van der Waals surface area contributed by atoms with Gasteiger partial charge >= 0.3 is 0 Å². The summed E-state index contributed by atoms with van der Waals surface area (Å²) in [7, 11) is 0. The Kier molecular flexibility index (Phi) is 4.01. The van der Waals surface area contributed by atoms with Crippen LogP contribution in [0, 0.1) is 5.92 Å². The van der Waals surface area contributed by atoms with Crippen molar-refractivity contribution in [1.29, 1.82) is 0 Å². The molecule has 1 aromatic carbocycles. The van der Waals surface area contributed by atoms with E-state index in [4.69, 9.17) is 15.2 Å². The number of fused-ring (bicyclic) bond motifs is 1. The lowest BCUT2D eigenvalue weighted by atomic mass is 9.98. The van der Waals surface area contributed by atoms with Gasteiger partial charge in [0.05, 0.1) is 0 Å². The monoisotopic (exact) mass is 290 g/mol. The van der Waals surface area contributed by atoms with E-state index < -0.39 is 0 Å². The highest BCUT2D eigenvalue weighted by molar-refractivity contribution is 5.79. The van der Waals surface area contributed by atoms with Gasteiger partial charge in [-0.2, -0.15) is 0 Å². The first-order chi connectivity index (χ1) is 10.1. The molecule has 114 valence electrons. The maximum absolute atomic E-state index is 12.2. The van der Waals surface area contributed by atoms with Gasteiger partial charge in [-0.05, 0) is 30.5 Å². The first kappa shape index (κ1) is 14.2. The quantitative estimate of drug-likeness (QED) is 0.920. The van der Waals surface area contributed by atoms with Crippen LogP contribution in [0.4, 0.5) is 0 Å². The highest BCUT2D eigenvalue weighted by atomic mass is 16.6. The van der Waals surface area contributed by atoms with E-state index in [1.54, 1.807) is 0 Å². The van der Waals surface area contributed by atoms with Gasteiger partial charge in [-0.25, -0.2) is 0 Å². The molecule has 1 amide bonds. The van der Waals surface area contributed by atoms with Crippen molar-refractivity contribution in [2.24, 2.45) is 11.7 Å². The van der Waals surface area contributed by atoms with E-state index in [0.717, 1.165) is 36.4 Å². The zero-order valence-corrected chi connectivity index (χ0v) is 12.4. The maximum Gasteiger partial charge on any atom is 0.225 e. The molecule has 0 spiro atoms. The normalized spacial score (nSPS) is 23.0. The smallest absolute Gasteiger partial charge is 0.225 e. The van der Waals surface area contributed by atoms with Crippen LogP contribution in [0.15, 0.2) is 18.2 Å². The SMILES string of the molecule is CC1CCCN(CC(N)c2ccc3c(c2)OCCO3)C1=O. The Balaban J connectivity index is 1.70. The summed E-state index contributed by atoms with van der Waals surface area (Å²) in [5.74, 6) is 1.84. The fourth-order valence-corrected chi connectivity index (χ4v) is 2.95. The zero-order chi connectivity index (χ0) is 14.8. The molecule has 2 heterocycles. The van der Waals surface area contributed by atoms with Crippen LogP contribution in [-0.2, 0) is 4.79 Å². The van der Waals surface area contributed by atoms with E-state index in [9.17, 15) is 4.79 Å². The average Bonchev–Trinajstić information content (AvgIpc) is 2.51. The van der Waals surface area contributed by atoms with Gasteiger partial charge in [-0.1, -0.05) is 13.0 Å². The average molecular weight is 290 g/mol. The number of likely N-dealkylation sites (tertiary alicyclic amines) is 1. The molecule has 21 heavy (non-hydrogen) atoms. The van der Waals surface area contributed by atoms with Gasteiger partial charge in [0, 0.05) is 25.0 Å². The molecule has 0 aliphatic carbocycles. The third-order valence-electron chi connectivity index (χ3n) is 4.21. The molecular formula is C16H22N2O3. The van der Waals surface area contributed by atoms with Gasteiger partial charge < -0.3 is 20.1 Å². The molecule has 2 N–H and O–H groups in total. The molecule has 0 saturated carbocycles. The van der Waals surface area contributed by atoms with Crippen molar-refractivity contribution in [1.82, 2.24) is 4.90 Å². The molecule has 5 nitrogen and oxygen atoms in total. The Hall–Kier alpha value is -1.75. The van der Waals surface area contributed by atoms with E-state index in [2.05, 4.69) is 0 Å². The number of benzene rings is 1. The second-order valence-electron chi connectivity index (χ2n) is 5.84. The zero-order valence-electron chi connectivity index (χ0n) is 12.4.